The van der Waals surface area contributed by atoms with Gasteiger partial charge in [0.25, 0.3) is 5.91 Å². The quantitative estimate of drug-likeness (QED) is 0.870. The van der Waals surface area contributed by atoms with Crippen molar-refractivity contribution >= 4 is 5.91 Å². The summed E-state index contributed by atoms with van der Waals surface area (Å²) in [6.07, 6.45) is 4.05. The summed E-state index contributed by atoms with van der Waals surface area (Å²) >= 11 is 0. The summed E-state index contributed by atoms with van der Waals surface area (Å²) in [5, 5.41) is 0. The lowest BCUT2D eigenvalue weighted by molar-refractivity contribution is 0.0578. The molecule has 0 unspecified atom stereocenters. The van der Waals surface area contributed by atoms with Crippen molar-refractivity contribution in [3.8, 4) is 0 Å². The molecular weight excluding hydrogens is 231 g/mol. The van der Waals surface area contributed by atoms with Crippen molar-refractivity contribution in [2.24, 2.45) is 5.73 Å². The molecule has 0 aliphatic heterocycles. The zero-order chi connectivity index (χ0) is 13.0. The van der Waals surface area contributed by atoms with E-state index in [1.54, 1.807) is 12.1 Å². The van der Waals surface area contributed by atoms with Gasteiger partial charge in [-0.3, -0.25) is 4.79 Å². The first-order valence-corrected chi connectivity index (χ1v) is 6.49. The second-order valence-electron chi connectivity index (χ2n) is 4.74. The van der Waals surface area contributed by atoms with E-state index in [4.69, 9.17) is 5.73 Å². The van der Waals surface area contributed by atoms with E-state index in [-0.39, 0.29) is 11.7 Å². The highest BCUT2D eigenvalue weighted by atomic mass is 19.1. The van der Waals surface area contributed by atoms with Crippen LogP contribution in [0.15, 0.2) is 24.3 Å². The fourth-order valence-electron chi connectivity index (χ4n) is 2.20. The van der Waals surface area contributed by atoms with Gasteiger partial charge < -0.3 is 10.6 Å². The Morgan fingerprint density at radius 1 is 1.44 bits per heavy atom. The third-order valence-electron chi connectivity index (χ3n) is 3.45. The molecule has 0 spiro atoms. The minimum atomic E-state index is -0.367. The van der Waals surface area contributed by atoms with E-state index in [1.165, 1.54) is 18.6 Å². The maximum absolute atomic E-state index is 13.1. The van der Waals surface area contributed by atoms with Crippen LogP contribution in [0.25, 0.3) is 0 Å². The molecule has 1 amide bonds. The lowest BCUT2D eigenvalue weighted by atomic mass is 9.90. The molecule has 0 saturated heterocycles. The van der Waals surface area contributed by atoms with Crippen molar-refractivity contribution in [2.45, 2.75) is 31.7 Å². The fraction of sp³-hybridized carbons (Fsp3) is 0.500. The number of rotatable bonds is 5. The number of nitrogens with two attached hydrogens (primary N) is 1. The van der Waals surface area contributed by atoms with Crippen molar-refractivity contribution in [3.63, 3.8) is 0 Å². The summed E-state index contributed by atoms with van der Waals surface area (Å²) < 4.78 is 13.1. The van der Waals surface area contributed by atoms with Crippen molar-refractivity contribution in [3.05, 3.63) is 35.6 Å². The van der Waals surface area contributed by atoms with E-state index in [0.717, 1.165) is 19.3 Å². The van der Waals surface area contributed by atoms with Crippen LogP contribution in [0.3, 0.4) is 0 Å². The van der Waals surface area contributed by atoms with Gasteiger partial charge in [0.2, 0.25) is 0 Å². The van der Waals surface area contributed by atoms with Gasteiger partial charge in [-0.1, -0.05) is 6.07 Å². The third-order valence-corrected chi connectivity index (χ3v) is 3.45. The Hall–Kier alpha value is -1.42. The molecule has 0 bridgehead atoms. The molecule has 0 aromatic heterocycles. The van der Waals surface area contributed by atoms with Crippen LogP contribution in [-0.4, -0.2) is 29.9 Å². The van der Waals surface area contributed by atoms with Gasteiger partial charge in [-0.2, -0.15) is 0 Å². The van der Waals surface area contributed by atoms with Gasteiger partial charge in [-0.05, 0) is 50.4 Å². The first kappa shape index (κ1) is 13.0. The van der Waals surface area contributed by atoms with E-state index in [0.29, 0.717) is 24.7 Å². The van der Waals surface area contributed by atoms with Crippen molar-refractivity contribution in [2.75, 3.05) is 13.1 Å². The summed E-state index contributed by atoms with van der Waals surface area (Å²) in [5.74, 6) is -0.444. The third kappa shape index (κ3) is 2.88. The number of carbonyl (C=O) groups excluding carboxylic acids is 1. The molecule has 4 heteroatoms. The highest BCUT2D eigenvalue weighted by Gasteiger charge is 2.28. The van der Waals surface area contributed by atoms with Crippen LogP contribution in [0.4, 0.5) is 4.39 Å². The van der Waals surface area contributed by atoms with Crippen LogP contribution >= 0.6 is 0 Å². The monoisotopic (exact) mass is 250 g/mol. The Morgan fingerprint density at radius 2 is 2.22 bits per heavy atom. The van der Waals surface area contributed by atoms with E-state index in [9.17, 15) is 9.18 Å². The number of carbonyl (C=O) groups is 1. The molecule has 0 atom stereocenters. The first-order valence-electron chi connectivity index (χ1n) is 6.49. The number of hydrogen-bond acceptors (Lipinski definition) is 2. The first-order chi connectivity index (χ1) is 8.72. The van der Waals surface area contributed by atoms with Crippen LogP contribution in [0, 0.1) is 5.82 Å². The molecule has 1 aliphatic rings. The van der Waals surface area contributed by atoms with Gasteiger partial charge in [0, 0.05) is 18.2 Å². The number of benzene rings is 1. The molecule has 1 fully saturated rings. The average Bonchev–Trinajstić information content (AvgIpc) is 2.31. The number of hydrogen-bond donors (Lipinski definition) is 1. The summed E-state index contributed by atoms with van der Waals surface area (Å²) in [6, 6.07) is 6.21. The molecule has 2 rings (SSSR count). The Kier molecular flexibility index (Phi) is 4.31. The van der Waals surface area contributed by atoms with Crippen LogP contribution in [0.1, 0.15) is 36.0 Å². The summed E-state index contributed by atoms with van der Waals surface area (Å²) in [6.45, 7) is 1.23. The average molecular weight is 250 g/mol. The lowest BCUT2D eigenvalue weighted by Crippen LogP contribution is -2.45. The van der Waals surface area contributed by atoms with Gasteiger partial charge in [0.15, 0.2) is 0 Å². The number of nitrogens with zero attached hydrogens (tertiary/aromatic N) is 1. The maximum Gasteiger partial charge on any atom is 0.254 e. The zero-order valence-electron chi connectivity index (χ0n) is 10.4. The highest BCUT2D eigenvalue weighted by molar-refractivity contribution is 5.94. The SMILES string of the molecule is NCCCN(C(=O)c1cccc(F)c1)C1CCC1. The zero-order valence-corrected chi connectivity index (χ0v) is 10.4. The molecule has 1 aliphatic carbocycles. The van der Waals surface area contributed by atoms with Crippen LogP contribution < -0.4 is 5.73 Å². The van der Waals surface area contributed by atoms with Gasteiger partial charge in [-0.15, -0.1) is 0 Å². The summed E-state index contributed by atoms with van der Waals surface area (Å²) in [4.78, 5) is 14.2. The maximum atomic E-state index is 13.1. The van der Waals surface area contributed by atoms with Crippen LogP contribution in [0.2, 0.25) is 0 Å². The topological polar surface area (TPSA) is 46.3 Å². The molecule has 0 heterocycles. The number of halogens is 1. The molecule has 98 valence electrons. The van der Waals surface area contributed by atoms with Gasteiger partial charge in [0.1, 0.15) is 5.82 Å². The van der Waals surface area contributed by atoms with E-state index >= 15 is 0 Å². The molecule has 1 saturated carbocycles. The van der Waals surface area contributed by atoms with Crippen molar-refractivity contribution in [1.82, 2.24) is 4.90 Å². The van der Waals surface area contributed by atoms with Gasteiger partial charge in [-0.25, -0.2) is 4.39 Å². The predicted molar refractivity (Wildman–Crippen MR) is 68.7 cm³/mol. The van der Waals surface area contributed by atoms with Crippen LogP contribution in [-0.2, 0) is 0 Å². The molecule has 1 aromatic rings. The summed E-state index contributed by atoms with van der Waals surface area (Å²) in [5.41, 5.74) is 5.93. The minimum absolute atomic E-state index is 0.0762. The molecule has 0 radical (unpaired) electrons. The standard InChI is InChI=1S/C14H19FN2O/c15-12-5-1-4-11(10-12)14(18)17(9-3-8-16)13-6-2-7-13/h1,4-5,10,13H,2-3,6-9,16H2. The lowest BCUT2D eigenvalue weighted by Gasteiger charge is -2.37. The smallest absolute Gasteiger partial charge is 0.254 e. The minimum Gasteiger partial charge on any atom is -0.336 e. The molecule has 18 heavy (non-hydrogen) atoms. The Morgan fingerprint density at radius 3 is 2.78 bits per heavy atom. The van der Waals surface area contributed by atoms with Gasteiger partial charge in [0.05, 0.1) is 0 Å². The van der Waals surface area contributed by atoms with E-state index in [1.807, 2.05) is 4.90 Å². The van der Waals surface area contributed by atoms with Crippen molar-refractivity contribution < 1.29 is 9.18 Å². The molecular formula is C14H19FN2O. The second kappa shape index (κ2) is 5.96. The van der Waals surface area contributed by atoms with E-state index < -0.39 is 0 Å². The molecule has 2 N–H and O–H groups in total. The largest absolute Gasteiger partial charge is 0.336 e. The van der Waals surface area contributed by atoms with Crippen molar-refractivity contribution in [1.29, 1.82) is 0 Å². The highest BCUT2D eigenvalue weighted by Crippen LogP contribution is 2.26. The number of amides is 1. The Balaban J connectivity index is 2.11. The summed E-state index contributed by atoms with van der Waals surface area (Å²) in [7, 11) is 0. The Labute approximate surface area is 107 Å². The van der Waals surface area contributed by atoms with Gasteiger partial charge >= 0.3 is 0 Å². The second-order valence-corrected chi connectivity index (χ2v) is 4.74. The van der Waals surface area contributed by atoms with E-state index in [2.05, 4.69) is 0 Å². The predicted octanol–water partition coefficient (Wildman–Crippen LogP) is 2.17. The molecule has 3 nitrogen and oxygen atoms in total. The van der Waals surface area contributed by atoms with Crippen LogP contribution in [0.5, 0.6) is 0 Å². The fourth-order valence-corrected chi connectivity index (χ4v) is 2.20. The Bertz CT molecular complexity index is 418. The molecule has 1 aromatic carbocycles. The normalized spacial score (nSPS) is 15.2.